The van der Waals surface area contributed by atoms with Crippen LogP contribution in [0.4, 0.5) is 0 Å². The highest BCUT2D eigenvalue weighted by Crippen LogP contribution is 2.64. The van der Waals surface area contributed by atoms with E-state index in [1.807, 2.05) is 29.5 Å². The standard InChI is InChI=1S/C25H27BrN2O3S/c1-27-10-9-25-17-5-6-18(28(2)21(30)8-4-16-12-15(26)13-32-16)24(25)31-23-20(29)7-3-14(22(23)25)11-19(17)27/h3-4,7-8,12-13,17-19,24,29H,5-6,9-11H2,1-2H3/b8-4+/t17-,18+,19+,24-,25-/m0/s1. The molecule has 2 bridgehead atoms. The second kappa shape index (κ2) is 7.34. The van der Waals surface area contributed by atoms with Gasteiger partial charge >= 0.3 is 0 Å². The molecule has 1 saturated carbocycles. The monoisotopic (exact) mass is 514 g/mol. The first-order valence-corrected chi connectivity index (χ1v) is 13.0. The van der Waals surface area contributed by atoms with Crippen molar-refractivity contribution in [2.45, 2.75) is 49.3 Å². The summed E-state index contributed by atoms with van der Waals surface area (Å²) in [7, 11) is 4.14. The number of ether oxygens (including phenoxy) is 1. The molecule has 1 aromatic carbocycles. The summed E-state index contributed by atoms with van der Waals surface area (Å²) in [5.41, 5.74) is 2.44. The Kier molecular flexibility index (Phi) is 4.76. The number of rotatable bonds is 3. The highest BCUT2D eigenvalue weighted by atomic mass is 79.9. The van der Waals surface area contributed by atoms with E-state index < -0.39 is 0 Å². The van der Waals surface area contributed by atoms with Crippen LogP contribution in [0.5, 0.6) is 11.5 Å². The molecule has 1 N–H and O–H groups in total. The summed E-state index contributed by atoms with van der Waals surface area (Å²) in [6, 6.07) is 6.37. The topological polar surface area (TPSA) is 53.0 Å². The molecule has 4 aliphatic rings. The zero-order chi connectivity index (χ0) is 22.2. The number of hydrogen-bond acceptors (Lipinski definition) is 5. The molecule has 3 heterocycles. The molecule has 5 atom stereocenters. The van der Waals surface area contributed by atoms with Gasteiger partial charge in [0.25, 0.3) is 0 Å². The molecule has 2 fully saturated rings. The van der Waals surface area contributed by atoms with Gasteiger partial charge in [0.15, 0.2) is 11.5 Å². The molecule has 5 nitrogen and oxygen atoms in total. The molecule has 7 heteroatoms. The SMILES string of the molecule is CN1CC[C@]23c4c5ccc(O)c4O[C@H]2[C@H](N(C)C(=O)/C=C/c2cc(Br)cs2)CC[C@H]3[C@H]1C5. The molecular formula is C25H27BrN2O3S. The fourth-order valence-electron chi connectivity index (χ4n) is 6.96. The number of amides is 1. The van der Waals surface area contributed by atoms with E-state index in [-0.39, 0.29) is 29.2 Å². The van der Waals surface area contributed by atoms with Gasteiger partial charge in [-0.2, -0.15) is 0 Å². The third-order valence-electron chi connectivity index (χ3n) is 8.39. The molecule has 2 aliphatic carbocycles. The lowest BCUT2D eigenvalue weighted by Gasteiger charge is -2.59. The van der Waals surface area contributed by atoms with Gasteiger partial charge < -0.3 is 19.6 Å². The minimum atomic E-state index is -0.113. The number of phenols is 1. The van der Waals surface area contributed by atoms with Gasteiger partial charge in [-0.25, -0.2) is 0 Å². The Labute approximate surface area is 200 Å². The molecular weight excluding hydrogens is 488 g/mol. The first-order chi connectivity index (χ1) is 15.4. The maximum Gasteiger partial charge on any atom is 0.246 e. The van der Waals surface area contributed by atoms with Gasteiger partial charge in [-0.3, -0.25) is 4.79 Å². The van der Waals surface area contributed by atoms with Crippen molar-refractivity contribution in [1.29, 1.82) is 0 Å². The number of likely N-dealkylation sites (tertiary alicyclic amines) is 1. The quantitative estimate of drug-likeness (QED) is 0.615. The Bertz CT molecular complexity index is 1130. The van der Waals surface area contributed by atoms with Crippen molar-refractivity contribution in [3.63, 3.8) is 0 Å². The Morgan fingerprint density at radius 3 is 3.03 bits per heavy atom. The minimum absolute atomic E-state index is 0.00124. The van der Waals surface area contributed by atoms with Gasteiger partial charge in [0.1, 0.15) is 6.10 Å². The molecule has 6 rings (SSSR count). The maximum absolute atomic E-state index is 13.2. The predicted molar refractivity (Wildman–Crippen MR) is 129 cm³/mol. The number of hydrogen-bond donors (Lipinski definition) is 1. The predicted octanol–water partition coefficient (Wildman–Crippen LogP) is 4.43. The summed E-state index contributed by atoms with van der Waals surface area (Å²) in [6.07, 6.45) is 7.47. The van der Waals surface area contributed by atoms with Crippen LogP contribution in [-0.4, -0.2) is 59.6 Å². The zero-order valence-corrected chi connectivity index (χ0v) is 20.7. The first kappa shape index (κ1) is 20.8. The van der Waals surface area contributed by atoms with Crippen LogP contribution in [0.15, 0.2) is 34.1 Å². The largest absolute Gasteiger partial charge is 0.504 e. The molecule has 32 heavy (non-hydrogen) atoms. The molecule has 1 spiro atoms. The van der Waals surface area contributed by atoms with Crippen molar-refractivity contribution in [3.05, 3.63) is 50.1 Å². The number of likely N-dealkylation sites (N-methyl/N-ethyl adjacent to an activating group) is 2. The van der Waals surface area contributed by atoms with Gasteiger partial charge in [0.05, 0.1) is 6.04 Å². The van der Waals surface area contributed by atoms with Crippen LogP contribution in [0.3, 0.4) is 0 Å². The van der Waals surface area contributed by atoms with E-state index in [0.717, 1.165) is 41.6 Å². The van der Waals surface area contributed by atoms with Gasteiger partial charge in [0, 0.05) is 44.9 Å². The number of benzene rings is 1. The van der Waals surface area contributed by atoms with Crippen LogP contribution < -0.4 is 4.74 Å². The van der Waals surface area contributed by atoms with E-state index in [9.17, 15) is 9.90 Å². The smallest absolute Gasteiger partial charge is 0.246 e. The molecule has 168 valence electrons. The lowest BCUT2D eigenvalue weighted by atomic mass is 9.51. The van der Waals surface area contributed by atoms with Crippen LogP contribution in [0.25, 0.3) is 6.08 Å². The van der Waals surface area contributed by atoms with Crippen molar-refractivity contribution in [1.82, 2.24) is 9.80 Å². The Morgan fingerprint density at radius 2 is 2.25 bits per heavy atom. The van der Waals surface area contributed by atoms with Crippen LogP contribution in [0.1, 0.15) is 35.3 Å². The maximum atomic E-state index is 13.2. The highest BCUT2D eigenvalue weighted by Gasteiger charge is 2.66. The molecule has 1 aromatic heterocycles. The van der Waals surface area contributed by atoms with Gasteiger partial charge in [0.2, 0.25) is 5.91 Å². The van der Waals surface area contributed by atoms with Crippen molar-refractivity contribution in [2.75, 3.05) is 20.6 Å². The normalized spacial score (nSPS) is 32.6. The van der Waals surface area contributed by atoms with Crippen LogP contribution in [0, 0.1) is 5.92 Å². The molecule has 1 saturated heterocycles. The number of carbonyl (C=O) groups is 1. The Balaban J connectivity index is 1.36. The average molecular weight is 515 g/mol. The number of phenolic OH excluding ortho intramolecular Hbond substituents is 1. The number of halogens is 1. The summed E-state index contributed by atoms with van der Waals surface area (Å²) >= 11 is 5.07. The number of carbonyl (C=O) groups excluding carboxylic acids is 1. The van der Waals surface area contributed by atoms with Crippen molar-refractivity contribution < 1.29 is 14.6 Å². The van der Waals surface area contributed by atoms with Crippen molar-refractivity contribution in [3.8, 4) is 11.5 Å². The first-order valence-electron chi connectivity index (χ1n) is 11.3. The second-order valence-electron chi connectivity index (χ2n) is 9.73. The van der Waals surface area contributed by atoms with Crippen LogP contribution in [0.2, 0.25) is 0 Å². The summed E-state index contributed by atoms with van der Waals surface area (Å²) in [4.78, 5) is 18.6. The van der Waals surface area contributed by atoms with Gasteiger partial charge in [-0.05, 0) is 84.9 Å². The van der Waals surface area contributed by atoms with Crippen LogP contribution in [-0.2, 0) is 16.6 Å². The fraction of sp³-hybridized carbons (Fsp3) is 0.480. The lowest BCUT2D eigenvalue weighted by Crippen LogP contribution is -2.68. The van der Waals surface area contributed by atoms with Crippen LogP contribution >= 0.6 is 27.3 Å². The second-order valence-corrected chi connectivity index (χ2v) is 11.6. The highest BCUT2D eigenvalue weighted by molar-refractivity contribution is 9.10. The van der Waals surface area contributed by atoms with E-state index in [1.54, 1.807) is 23.5 Å². The Hall–Kier alpha value is -1.83. The summed E-state index contributed by atoms with van der Waals surface area (Å²) in [5.74, 6) is 1.41. The number of piperidine rings is 1. The van der Waals surface area contributed by atoms with Gasteiger partial charge in [-0.15, -0.1) is 11.3 Å². The van der Waals surface area contributed by atoms with E-state index in [1.165, 1.54) is 11.1 Å². The van der Waals surface area contributed by atoms with E-state index in [4.69, 9.17) is 4.74 Å². The summed E-state index contributed by atoms with van der Waals surface area (Å²) in [5, 5.41) is 12.7. The number of aromatic hydroxyl groups is 1. The zero-order valence-electron chi connectivity index (χ0n) is 18.3. The van der Waals surface area contributed by atoms with E-state index in [0.29, 0.717) is 17.7 Å². The fourth-order valence-corrected chi connectivity index (χ4v) is 8.29. The number of thiophene rings is 1. The van der Waals surface area contributed by atoms with E-state index >= 15 is 0 Å². The molecule has 0 radical (unpaired) electrons. The minimum Gasteiger partial charge on any atom is -0.504 e. The van der Waals surface area contributed by atoms with Gasteiger partial charge in [-0.1, -0.05) is 6.07 Å². The lowest BCUT2D eigenvalue weighted by molar-refractivity contribution is -0.134. The Morgan fingerprint density at radius 1 is 1.41 bits per heavy atom. The number of nitrogens with zero attached hydrogens (tertiary/aromatic N) is 2. The molecule has 0 unspecified atom stereocenters. The molecule has 1 amide bonds. The third kappa shape index (κ3) is 2.80. The summed E-state index contributed by atoms with van der Waals surface area (Å²) < 4.78 is 7.63. The van der Waals surface area contributed by atoms with E-state index in [2.05, 4.69) is 33.9 Å². The average Bonchev–Trinajstić information content (AvgIpc) is 3.36. The summed E-state index contributed by atoms with van der Waals surface area (Å²) in [6.45, 7) is 1.02. The molecule has 2 aromatic rings. The third-order valence-corrected chi connectivity index (χ3v) is 10.0. The molecule has 2 aliphatic heterocycles. The van der Waals surface area contributed by atoms with Crippen molar-refractivity contribution >= 4 is 39.2 Å². The van der Waals surface area contributed by atoms with Crippen molar-refractivity contribution in [2.24, 2.45) is 5.92 Å².